The molecule has 1 aliphatic heterocycles. The maximum absolute atomic E-state index is 5.74. The molecule has 17 heavy (non-hydrogen) atoms. The van der Waals surface area contributed by atoms with Crippen LogP contribution in [0, 0.1) is 6.92 Å². The van der Waals surface area contributed by atoms with Gasteiger partial charge in [0.1, 0.15) is 23.3 Å². The van der Waals surface area contributed by atoms with Crippen molar-refractivity contribution in [2.45, 2.75) is 39.2 Å². The summed E-state index contributed by atoms with van der Waals surface area (Å²) >= 11 is 0. The predicted molar refractivity (Wildman–Crippen MR) is 67.7 cm³/mol. The van der Waals surface area contributed by atoms with Gasteiger partial charge in [-0.25, -0.2) is 0 Å². The Morgan fingerprint density at radius 3 is 2.88 bits per heavy atom. The molecule has 0 radical (unpaired) electrons. The molecule has 0 amide bonds. The molecule has 0 fully saturated rings. The molecule has 0 aromatic carbocycles. The minimum absolute atomic E-state index is 0.0731. The molecule has 0 bridgehead atoms. The Morgan fingerprint density at radius 2 is 2.29 bits per heavy atom. The average molecular weight is 235 g/mol. The number of aryl methyl sites for hydroxylation is 1. The number of rotatable bonds is 5. The maximum Gasteiger partial charge on any atom is 0.128 e. The second kappa shape index (κ2) is 5.92. The fourth-order valence-electron chi connectivity index (χ4n) is 2.02. The van der Waals surface area contributed by atoms with Crippen molar-refractivity contribution >= 4 is 0 Å². The third-order valence-corrected chi connectivity index (χ3v) is 2.89. The van der Waals surface area contributed by atoms with Crippen LogP contribution in [0.1, 0.15) is 43.7 Å². The van der Waals surface area contributed by atoms with E-state index in [2.05, 4.69) is 18.3 Å². The lowest BCUT2D eigenvalue weighted by atomic mass is 10.1. The molecule has 0 saturated heterocycles. The minimum atomic E-state index is 0.0731. The van der Waals surface area contributed by atoms with E-state index in [1.807, 2.05) is 19.1 Å². The molecule has 1 unspecified atom stereocenters. The van der Waals surface area contributed by atoms with Gasteiger partial charge in [-0.05, 0) is 50.9 Å². The van der Waals surface area contributed by atoms with Gasteiger partial charge in [0.05, 0.1) is 6.61 Å². The minimum Gasteiger partial charge on any atom is -0.496 e. The van der Waals surface area contributed by atoms with Crippen LogP contribution in [0.2, 0.25) is 0 Å². The summed E-state index contributed by atoms with van der Waals surface area (Å²) in [6.45, 7) is 5.91. The maximum atomic E-state index is 5.74. The highest BCUT2D eigenvalue weighted by molar-refractivity contribution is 5.19. The first kappa shape index (κ1) is 12.2. The SMILES string of the molecule is CCCNC(C1=CCCCO1)c1ccc(C)o1. The molecule has 1 aromatic heterocycles. The number of ether oxygens (including phenoxy) is 1. The van der Waals surface area contributed by atoms with Crippen LogP contribution in [0.4, 0.5) is 0 Å². The standard InChI is InChI=1S/C14H21NO2/c1-3-9-15-14(12-6-4-5-10-16-12)13-8-7-11(2)17-13/h6-8,14-15H,3-5,9-10H2,1-2H3. The van der Waals surface area contributed by atoms with Gasteiger partial charge in [-0.15, -0.1) is 0 Å². The van der Waals surface area contributed by atoms with Gasteiger partial charge in [-0.1, -0.05) is 6.92 Å². The van der Waals surface area contributed by atoms with Crippen molar-refractivity contribution in [1.82, 2.24) is 5.32 Å². The van der Waals surface area contributed by atoms with E-state index in [1.54, 1.807) is 0 Å². The van der Waals surface area contributed by atoms with Crippen molar-refractivity contribution in [3.05, 3.63) is 35.5 Å². The molecule has 0 spiro atoms. The first-order valence-corrected chi connectivity index (χ1v) is 6.44. The van der Waals surface area contributed by atoms with E-state index in [9.17, 15) is 0 Å². The highest BCUT2D eigenvalue weighted by atomic mass is 16.5. The van der Waals surface area contributed by atoms with Gasteiger partial charge in [0.15, 0.2) is 0 Å². The van der Waals surface area contributed by atoms with Gasteiger partial charge in [-0.3, -0.25) is 0 Å². The van der Waals surface area contributed by atoms with E-state index < -0.39 is 0 Å². The Kier molecular flexibility index (Phi) is 4.26. The zero-order valence-corrected chi connectivity index (χ0v) is 10.7. The average Bonchev–Trinajstić information content (AvgIpc) is 2.78. The summed E-state index contributed by atoms with van der Waals surface area (Å²) in [7, 11) is 0. The molecule has 3 nitrogen and oxygen atoms in total. The molecule has 3 heteroatoms. The number of nitrogens with one attached hydrogen (secondary N) is 1. The lowest BCUT2D eigenvalue weighted by Gasteiger charge is -2.23. The van der Waals surface area contributed by atoms with Gasteiger partial charge in [0.25, 0.3) is 0 Å². The molecule has 94 valence electrons. The summed E-state index contributed by atoms with van der Waals surface area (Å²) in [4.78, 5) is 0. The largest absolute Gasteiger partial charge is 0.496 e. The highest BCUT2D eigenvalue weighted by Gasteiger charge is 2.22. The Bertz CT molecular complexity index is 381. The van der Waals surface area contributed by atoms with Crippen LogP contribution in [-0.2, 0) is 4.74 Å². The molecular formula is C14H21NO2. The number of allylic oxidation sites excluding steroid dienone is 1. The zero-order valence-electron chi connectivity index (χ0n) is 10.7. The summed E-state index contributed by atoms with van der Waals surface area (Å²) in [5.74, 6) is 2.91. The smallest absolute Gasteiger partial charge is 0.128 e. The zero-order chi connectivity index (χ0) is 12.1. The quantitative estimate of drug-likeness (QED) is 0.850. The van der Waals surface area contributed by atoms with E-state index in [1.165, 1.54) is 0 Å². The highest BCUT2D eigenvalue weighted by Crippen LogP contribution is 2.27. The summed E-state index contributed by atoms with van der Waals surface area (Å²) in [5, 5.41) is 3.48. The summed E-state index contributed by atoms with van der Waals surface area (Å²) in [6.07, 6.45) is 5.48. The van der Waals surface area contributed by atoms with Crippen molar-refractivity contribution in [3.8, 4) is 0 Å². The Labute approximate surface area is 103 Å². The molecule has 1 N–H and O–H groups in total. The van der Waals surface area contributed by atoms with E-state index in [0.717, 1.165) is 49.7 Å². The van der Waals surface area contributed by atoms with Crippen LogP contribution in [0.25, 0.3) is 0 Å². The molecule has 2 rings (SSSR count). The van der Waals surface area contributed by atoms with Gasteiger partial charge in [0, 0.05) is 0 Å². The lowest BCUT2D eigenvalue weighted by molar-refractivity contribution is 0.161. The number of hydrogen-bond donors (Lipinski definition) is 1. The van der Waals surface area contributed by atoms with Gasteiger partial charge < -0.3 is 14.5 Å². The summed E-state index contributed by atoms with van der Waals surface area (Å²) < 4.78 is 11.5. The van der Waals surface area contributed by atoms with Crippen molar-refractivity contribution < 1.29 is 9.15 Å². The normalized spacial score (nSPS) is 17.4. The third kappa shape index (κ3) is 3.13. The Morgan fingerprint density at radius 1 is 1.41 bits per heavy atom. The van der Waals surface area contributed by atoms with Crippen LogP contribution in [0.3, 0.4) is 0 Å². The Balaban J connectivity index is 2.15. The number of furan rings is 1. The van der Waals surface area contributed by atoms with Crippen LogP contribution in [-0.4, -0.2) is 13.2 Å². The van der Waals surface area contributed by atoms with Crippen LogP contribution < -0.4 is 5.32 Å². The van der Waals surface area contributed by atoms with E-state index in [0.29, 0.717) is 0 Å². The van der Waals surface area contributed by atoms with Crippen molar-refractivity contribution in [2.75, 3.05) is 13.2 Å². The molecule has 2 heterocycles. The van der Waals surface area contributed by atoms with E-state index >= 15 is 0 Å². The number of hydrogen-bond acceptors (Lipinski definition) is 3. The van der Waals surface area contributed by atoms with Crippen LogP contribution in [0.15, 0.2) is 28.4 Å². The topological polar surface area (TPSA) is 34.4 Å². The molecule has 1 aliphatic rings. The van der Waals surface area contributed by atoms with Crippen LogP contribution in [0.5, 0.6) is 0 Å². The molecular weight excluding hydrogens is 214 g/mol. The predicted octanol–water partition coefficient (Wildman–Crippen LogP) is 3.32. The Hall–Kier alpha value is -1.22. The van der Waals surface area contributed by atoms with E-state index in [-0.39, 0.29) is 6.04 Å². The second-order valence-corrected chi connectivity index (χ2v) is 4.43. The summed E-state index contributed by atoms with van der Waals surface area (Å²) in [5.41, 5.74) is 0. The fourth-order valence-corrected chi connectivity index (χ4v) is 2.02. The van der Waals surface area contributed by atoms with Crippen molar-refractivity contribution in [3.63, 3.8) is 0 Å². The first-order valence-electron chi connectivity index (χ1n) is 6.44. The van der Waals surface area contributed by atoms with Gasteiger partial charge in [-0.2, -0.15) is 0 Å². The van der Waals surface area contributed by atoms with Gasteiger partial charge in [0.2, 0.25) is 0 Å². The summed E-state index contributed by atoms with van der Waals surface area (Å²) in [6, 6.07) is 4.10. The second-order valence-electron chi connectivity index (χ2n) is 4.43. The fraction of sp³-hybridized carbons (Fsp3) is 0.571. The lowest BCUT2D eigenvalue weighted by Crippen LogP contribution is -2.25. The molecule has 0 saturated carbocycles. The molecule has 0 aliphatic carbocycles. The molecule has 1 aromatic rings. The van der Waals surface area contributed by atoms with E-state index in [4.69, 9.17) is 9.15 Å². The van der Waals surface area contributed by atoms with Gasteiger partial charge >= 0.3 is 0 Å². The molecule has 1 atom stereocenters. The van der Waals surface area contributed by atoms with Crippen molar-refractivity contribution in [1.29, 1.82) is 0 Å². The van der Waals surface area contributed by atoms with Crippen LogP contribution >= 0.6 is 0 Å². The first-order chi connectivity index (χ1) is 8.31. The van der Waals surface area contributed by atoms with Crippen molar-refractivity contribution in [2.24, 2.45) is 0 Å². The third-order valence-electron chi connectivity index (χ3n) is 2.89. The monoisotopic (exact) mass is 235 g/mol.